The lowest BCUT2D eigenvalue weighted by atomic mass is 9.96. The molecule has 80 valence electrons. The maximum Gasteiger partial charge on any atom is 0.113 e. The SMILES string of the molecule is O=NC1C=C(C#Cc2ccccn2)CCC1. The molecule has 0 aromatic carbocycles. The van der Waals surface area contributed by atoms with Crippen molar-refractivity contribution in [2.75, 3.05) is 0 Å². The average molecular weight is 212 g/mol. The lowest BCUT2D eigenvalue weighted by Gasteiger charge is -2.11. The van der Waals surface area contributed by atoms with Crippen LogP contribution in [0.1, 0.15) is 25.0 Å². The van der Waals surface area contributed by atoms with Gasteiger partial charge in [0, 0.05) is 11.8 Å². The Kier molecular flexibility index (Phi) is 3.45. The first kappa shape index (κ1) is 10.6. The number of hydrogen-bond donors (Lipinski definition) is 0. The maximum atomic E-state index is 10.4. The minimum Gasteiger partial charge on any atom is -0.248 e. The molecule has 1 aliphatic carbocycles. The van der Waals surface area contributed by atoms with Gasteiger partial charge in [0.2, 0.25) is 0 Å². The molecule has 3 heteroatoms. The lowest BCUT2D eigenvalue weighted by Crippen LogP contribution is -2.05. The smallest absolute Gasteiger partial charge is 0.113 e. The van der Waals surface area contributed by atoms with Gasteiger partial charge in [-0.05, 0) is 43.4 Å². The molecule has 0 bridgehead atoms. The largest absolute Gasteiger partial charge is 0.248 e. The molecule has 0 aliphatic heterocycles. The number of allylic oxidation sites excluding steroid dienone is 1. The molecule has 1 unspecified atom stereocenters. The van der Waals surface area contributed by atoms with Crippen LogP contribution in [-0.2, 0) is 0 Å². The first-order chi connectivity index (χ1) is 7.88. The molecule has 3 nitrogen and oxygen atoms in total. The van der Waals surface area contributed by atoms with Crippen molar-refractivity contribution in [3.8, 4) is 11.8 Å². The Hall–Kier alpha value is -1.95. The van der Waals surface area contributed by atoms with Gasteiger partial charge in [0.15, 0.2) is 0 Å². The molecular weight excluding hydrogens is 200 g/mol. The predicted octanol–water partition coefficient (Wildman–Crippen LogP) is 2.68. The Balaban J connectivity index is 2.13. The van der Waals surface area contributed by atoms with Gasteiger partial charge in [0.1, 0.15) is 11.7 Å². The predicted molar refractivity (Wildman–Crippen MR) is 62.6 cm³/mol. The van der Waals surface area contributed by atoms with Crippen LogP contribution in [-0.4, -0.2) is 11.0 Å². The molecule has 1 heterocycles. The van der Waals surface area contributed by atoms with E-state index in [9.17, 15) is 4.91 Å². The van der Waals surface area contributed by atoms with Crippen molar-refractivity contribution >= 4 is 0 Å². The highest BCUT2D eigenvalue weighted by atomic mass is 16.3. The number of pyridine rings is 1. The first-order valence-corrected chi connectivity index (χ1v) is 5.35. The highest BCUT2D eigenvalue weighted by molar-refractivity contribution is 5.38. The zero-order chi connectivity index (χ0) is 11.2. The van der Waals surface area contributed by atoms with E-state index in [2.05, 4.69) is 22.0 Å². The summed E-state index contributed by atoms with van der Waals surface area (Å²) in [5.41, 5.74) is 1.76. The Labute approximate surface area is 94.6 Å². The van der Waals surface area contributed by atoms with Crippen molar-refractivity contribution in [2.45, 2.75) is 25.3 Å². The van der Waals surface area contributed by atoms with E-state index in [4.69, 9.17) is 0 Å². The summed E-state index contributed by atoms with van der Waals surface area (Å²) in [5.74, 6) is 6.04. The molecule has 0 fully saturated rings. The van der Waals surface area contributed by atoms with Crippen molar-refractivity contribution in [2.24, 2.45) is 5.18 Å². The molecule has 0 saturated carbocycles. The van der Waals surface area contributed by atoms with E-state index in [1.807, 2.05) is 24.3 Å². The van der Waals surface area contributed by atoms with Crippen molar-refractivity contribution < 1.29 is 0 Å². The minimum absolute atomic E-state index is 0.193. The molecule has 0 amide bonds. The van der Waals surface area contributed by atoms with Gasteiger partial charge < -0.3 is 0 Å². The molecule has 0 radical (unpaired) electrons. The van der Waals surface area contributed by atoms with Gasteiger partial charge in [0.05, 0.1) is 0 Å². The second-order valence-electron chi connectivity index (χ2n) is 3.72. The second kappa shape index (κ2) is 5.22. The van der Waals surface area contributed by atoms with Crippen LogP contribution >= 0.6 is 0 Å². The van der Waals surface area contributed by atoms with Gasteiger partial charge >= 0.3 is 0 Å². The third kappa shape index (κ3) is 2.77. The average Bonchev–Trinajstić information content (AvgIpc) is 2.38. The number of rotatable bonds is 1. The highest BCUT2D eigenvalue weighted by Gasteiger charge is 2.11. The molecule has 1 aromatic heterocycles. The molecular formula is C13H12N2O. The van der Waals surface area contributed by atoms with Crippen molar-refractivity contribution in [3.05, 3.63) is 46.6 Å². The van der Waals surface area contributed by atoms with E-state index in [0.717, 1.165) is 30.5 Å². The Morgan fingerprint density at radius 2 is 2.31 bits per heavy atom. The van der Waals surface area contributed by atoms with Crippen LogP contribution in [0.5, 0.6) is 0 Å². The standard InChI is InChI=1S/C13H12N2O/c16-15-13-6-3-4-11(10-13)7-8-12-5-1-2-9-14-12/h1-2,5,9-10,13H,3-4,6H2. The summed E-state index contributed by atoms with van der Waals surface area (Å²) in [6, 6.07) is 5.44. The fourth-order valence-corrected chi connectivity index (χ4v) is 1.67. The van der Waals surface area contributed by atoms with Crippen LogP contribution in [0.2, 0.25) is 0 Å². The maximum absolute atomic E-state index is 10.4. The molecule has 1 aliphatic rings. The van der Waals surface area contributed by atoms with Gasteiger partial charge in [-0.3, -0.25) is 0 Å². The summed E-state index contributed by atoms with van der Waals surface area (Å²) in [5, 5.41) is 3.04. The summed E-state index contributed by atoms with van der Waals surface area (Å²) >= 11 is 0. The van der Waals surface area contributed by atoms with E-state index in [0.29, 0.717) is 0 Å². The van der Waals surface area contributed by atoms with Crippen LogP contribution in [0, 0.1) is 16.7 Å². The fraction of sp³-hybridized carbons (Fsp3) is 0.308. The lowest BCUT2D eigenvalue weighted by molar-refractivity contribution is 0.633. The van der Waals surface area contributed by atoms with Crippen LogP contribution in [0.4, 0.5) is 0 Å². The van der Waals surface area contributed by atoms with Crippen LogP contribution in [0.25, 0.3) is 0 Å². The fourth-order valence-electron chi connectivity index (χ4n) is 1.67. The van der Waals surface area contributed by atoms with Crippen LogP contribution in [0.15, 0.2) is 41.2 Å². The third-order valence-corrected chi connectivity index (χ3v) is 2.49. The summed E-state index contributed by atoms with van der Waals surface area (Å²) in [7, 11) is 0. The van der Waals surface area contributed by atoms with E-state index >= 15 is 0 Å². The van der Waals surface area contributed by atoms with Gasteiger partial charge in [-0.2, -0.15) is 4.91 Å². The van der Waals surface area contributed by atoms with E-state index in [-0.39, 0.29) is 6.04 Å². The molecule has 0 saturated heterocycles. The minimum atomic E-state index is -0.193. The quantitative estimate of drug-likeness (QED) is 0.530. The van der Waals surface area contributed by atoms with Crippen molar-refractivity contribution in [1.29, 1.82) is 0 Å². The second-order valence-corrected chi connectivity index (χ2v) is 3.72. The third-order valence-electron chi connectivity index (χ3n) is 2.49. The first-order valence-electron chi connectivity index (χ1n) is 5.35. The molecule has 2 rings (SSSR count). The Bertz CT molecular complexity index is 454. The van der Waals surface area contributed by atoms with E-state index in [1.165, 1.54) is 0 Å². The van der Waals surface area contributed by atoms with Crippen LogP contribution in [0.3, 0.4) is 0 Å². The zero-order valence-corrected chi connectivity index (χ0v) is 8.89. The van der Waals surface area contributed by atoms with E-state index in [1.54, 1.807) is 6.20 Å². The summed E-state index contributed by atoms with van der Waals surface area (Å²) in [4.78, 5) is 14.5. The summed E-state index contributed by atoms with van der Waals surface area (Å²) in [6.07, 6.45) is 6.35. The molecule has 0 N–H and O–H groups in total. The van der Waals surface area contributed by atoms with Crippen LogP contribution < -0.4 is 0 Å². The van der Waals surface area contributed by atoms with Gasteiger partial charge in [-0.15, -0.1) is 0 Å². The zero-order valence-electron chi connectivity index (χ0n) is 8.89. The van der Waals surface area contributed by atoms with Gasteiger partial charge in [-0.25, -0.2) is 4.98 Å². The molecule has 1 aromatic rings. The molecule has 0 spiro atoms. The van der Waals surface area contributed by atoms with E-state index < -0.39 is 0 Å². The molecule has 16 heavy (non-hydrogen) atoms. The monoisotopic (exact) mass is 212 g/mol. The number of aromatic nitrogens is 1. The number of nitrogens with zero attached hydrogens (tertiary/aromatic N) is 2. The number of nitroso groups, excluding NO2 is 1. The Morgan fingerprint density at radius 3 is 3.06 bits per heavy atom. The van der Waals surface area contributed by atoms with Crippen molar-refractivity contribution in [1.82, 2.24) is 4.98 Å². The summed E-state index contributed by atoms with van der Waals surface area (Å²) < 4.78 is 0. The normalized spacial score (nSPS) is 19.2. The van der Waals surface area contributed by atoms with Gasteiger partial charge in [0.25, 0.3) is 0 Å². The topological polar surface area (TPSA) is 42.3 Å². The molecule has 1 atom stereocenters. The highest BCUT2D eigenvalue weighted by Crippen LogP contribution is 2.19. The summed E-state index contributed by atoms with van der Waals surface area (Å²) in [6.45, 7) is 0. The van der Waals surface area contributed by atoms with Gasteiger partial charge in [-0.1, -0.05) is 17.2 Å². The Morgan fingerprint density at radius 1 is 1.38 bits per heavy atom. The number of hydrogen-bond acceptors (Lipinski definition) is 3. The van der Waals surface area contributed by atoms with Crippen molar-refractivity contribution in [3.63, 3.8) is 0 Å².